The molecule has 0 bridgehead atoms. The lowest BCUT2D eigenvalue weighted by atomic mass is 10.0. The molecule has 0 radical (unpaired) electrons. The summed E-state index contributed by atoms with van der Waals surface area (Å²) in [6.07, 6.45) is 0. The molecular weight excluding hydrogens is 236 g/mol. The average Bonchev–Trinajstić information content (AvgIpc) is 2.36. The first-order valence-electron chi connectivity index (χ1n) is 6.74. The minimum atomic E-state index is -0.0594. The summed E-state index contributed by atoms with van der Waals surface area (Å²) in [5.41, 5.74) is 7.73. The van der Waals surface area contributed by atoms with Crippen LogP contribution in [-0.2, 0) is 11.3 Å². The van der Waals surface area contributed by atoms with Gasteiger partial charge in [0.2, 0.25) is 0 Å². The van der Waals surface area contributed by atoms with E-state index in [1.807, 2.05) is 6.07 Å². The monoisotopic (exact) mass is 258 g/mol. The Hall–Kier alpha value is -1.34. The zero-order chi connectivity index (χ0) is 13.7. The van der Waals surface area contributed by atoms with Gasteiger partial charge >= 0.3 is 0 Å². The third-order valence-electron chi connectivity index (χ3n) is 3.24. The first-order chi connectivity index (χ1) is 9.11. The van der Waals surface area contributed by atoms with E-state index in [-0.39, 0.29) is 5.60 Å². The summed E-state index contributed by atoms with van der Waals surface area (Å²) in [4.78, 5) is 2.42. The number of hydrogen-bond donors (Lipinski definition) is 1. The van der Waals surface area contributed by atoms with Crippen molar-refractivity contribution in [3.05, 3.63) is 35.4 Å². The second kappa shape index (κ2) is 6.21. The number of morpholine rings is 1. The van der Waals surface area contributed by atoms with E-state index in [1.54, 1.807) is 0 Å². The molecule has 0 unspecified atom stereocenters. The molecule has 1 fully saturated rings. The van der Waals surface area contributed by atoms with Crippen molar-refractivity contribution in [1.29, 1.82) is 0 Å². The third kappa shape index (κ3) is 4.07. The normalized spacial score (nSPS) is 18.7. The van der Waals surface area contributed by atoms with Crippen LogP contribution in [0, 0.1) is 11.8 Å². The topological polar surface area (TPSA) is 38.5 Å². The van der Waals surface area contributed by atoms with Crippen LogP contribution in [-0.4, -0.2) is 36.7 Å². The van der Waals surface area contributed by atoms with Gasteiger partial charge in [0, 0.05) is 25.2 Å². The van der Waals surface area contributed by atoms with E-state index in [4.69, 9.17) is 10.5 Å². The van der Waals surface area contributed by atoms with Crippen LogP contribution in [0.25, 0.3) is 0 Å². The van der Waals surface area contributed by atoms with Gasteiger partial charge < -0.3 is 10.5 Å². The molecule has 3 heteroatoms. The largest absolute Gasteiger partial charge is 0.373 e. The molecule has 0 aliphatic carbocycles. The first-order valence-corrected chi connectivity index (χ1v) is 6.74. The number of hydrogen-bond acceptors (Lipinski definition) is 3. The molecule has 1 aromatic rings. The van der Waals surface area contributed by atoms with E-state index >= 15 is 0 Å². The van der Waals surface area contributed by atoms with Crippen molar-refractivity contribution < 1.29 is 4.74 Å². The van der Waals surface area contributed by atoms with E-state index < -0.39 is 0 Å². The van der Waals surface area contributed by atoms with Gasteiger partial charge in [0.05, 0.1) is 18.8 Å². The maximum Gasteiger partial charge on any atom is 0.0753 e. The third-order valence-corrected chi connectivity index (χ3v) is 3.24. The van der Waals surface area contributed by atoms with Crippen molar-refractivity contribution in [2.45, 2.75) is 26.0 Å². The van der Waals surface area contributed by atoms with E-state index in [2.05, 4.69) is 48.8 Å². The van der Waals surface area contributed by atoms with E-state index in [0.29, 0.717) is 6.54 Å². The molecule has 2 rings (SSSR count). The van der Waals surface area contributed by atoms with Crippen LogP contribution in [0.1, 0.15) is 25.0 Å². The van der Waals surface area contributed by atoms with Crippen LogP contribution >= 0.6 is 0 Å². The molecule has 1 saturated heterocycles. The minimum absolute atomic E-state index is 0.0594. The van der Waals surface area contributed by atoms with Crippen molar-refractivity contribution in [2.24, 2.45) is 5.73 Å². The molecule has 1 aliphatic heterocycles. The van der Waals surface area contributed by atoms with Crippen molar-refractivity contribution >= 4 is 0 Å². The predicted octanol–water partition coefficient (Wildman–Crippen LogP) is 1.61. The molecule has 19 heavy (non-hydrogen) atoms. The Labute approximate surface area is 115 Å². The van der Waals surface area contributed by atoms with E-state index in [0.717, 1.165) is 31.8 Å². The number of nitrogens with zero attached hydrogens (tertiary/aromatic N) is 1. The highest BCUT2D eigenvalue weighted by atomic mass is 16.5. The molecule has 0 spiro atoms. The van der Waals surface area contributed by atoms with E-state index in [1.165, 1.54) is 5.56 Å². The zero-order valence-electron chi connectivity index (χ0n) is 11.8. The maximum atomic E-state index is 5.74. The fourth-order valence-corrected chi connectivity index (χ4v) is 2.42. The van der Waals surface area contributed by atoms with Gasteiger partial charge in [0.25, 0.3) is 0 Å². The fraction of sp³-hybridized carbons (Fsp3) is 0.500. The summed E-state index contributed by atoms with van der Waals surface area (Å²) >= 11 is 0. The highest BCUT2D eigenvalue weighted by molar-refractivity contribution is 5.41. The van der Waals surface area contributed by atoms with Crippen LogP contribution in [0.4, 0.5) is 0 Å². The molecule has 1 heterocycles. The van der Waals surface area contributed by atoms with Gasteiger partial charge in [-0.05, 0) is 25.5 Å². The number of nitrogens with two attached hydrogens (primary N) is 1. The Bertz CT molecular complexity index is 485. The van der Waals surface area contributed by atoms with Crippen LogP contribution in [0.5, 0.6) is 0 Å². The van der Waals surface area contributed by atoms with Gasteiger partial charge in [-0.1, -0.05) is 30.0 Å². The molecule has 0 aromatic heterocycles. The highest BCUT2D eigenvalue weighted by Crippen LogP contribution is 2.19. The van der Waals surface area contributed by atoms with Crippen LogP contribution in [0.15, 0.2) is 24.3 Å². The van der Waals surface area contributed by atoms with Gasteiger partial charge in [0.15, 0.2) is 0 Å². The van der Waals surface area contributed by atoms with E-state index in [9.17, 15) is 0 Å². The molecule has 0 saturated carbocycles. The SMILES string of the molecule is CC1(C)CN(Cc2ccccc2C#CCN)CCO1. The van der Waals surface area contributed by atoms with Crippen LogP contribution in [0.2, 0.25) is 0 Å². The molecule has 3 nitrogen and oxygen atoms in total. The predicted molar refractivity (Wildman–Crippen MR) is 77.7 cm³/mol. The summed E-state index contributed by atoms with van der Waals surface area (Å²) in [6, 6.07) is 8.29. The fourth-order valence-electron chi connectivity index (χ4n) is 2.42. The second-order valence-corrected chi connectivity index (χ2v) is 5.48. The smallest absolute Gasteiger partial charge is 0.0753 e. The lowest BCUT2D eigenvalue weighted by Crippen LogP contribution is -2.47. The molecule has 102 valence electrons. The standard InChI is InChI=1S/C16H22N2O/c1-16(2)13-18(10-11-19-16)12-15-7-4-3-6-14(15)8-5-9-17/h3-4,6-7H,9-13,17H2,1-2H3. The van der Waals surface area contributed by atoms with Gasteiger partial charge in [0.1, 0.15) is 0 Å². The average molecular weight is 258 g/mol. The Morgan fingerprint density at radius 3 is 2.89 bits per heavy atom. The van der Waals surface area contributed by atoms with Crippen molar-refractivity contribution in [1.82, 2.24) is 4.90 Å². The van der Waals surface area contributed by atoms with Crippen LogP contribution < -0.4 is 5.73 Å². The Morgan fingerprint density at radius 2 is 2.16 bits per heavy atom. The number of ether oxygens (including phenoxy) is 1. The molecule has 0 atom stereocenters. The Balaban J connectivity index is 2.10. The summed E-state index contributed by atoms with van der Waals surface area (Å²) in [7, 11) is 0. The van der Waals surface area contributed by atoms with Gasteiger partial charge in [-0.15, -0.1) is 0 Å². The van der Waals surface area contributed by atoms with Gasteiger partial charge in [-0.3, -0.25) is 4.90 Å². The highest BCUT2D eigenvalue weighted by Gasteiger charge is 2.27. The van der Waals surface area contributed by atoms with Crippen molar-refractivity contribution in [3.8, 4) is 11.8 Å². The lowest BCUT2D eigenvalue weighted by molar-refractivity contribution is -0.0882. The molecule has 1 aromatic carbocycles. The molecular formula is C16H22N2O. The molecule has 0 amide bonds. The number of benzene rings is 1. The van der Waals surface area contributed by atoms with Crippen molar-refractivity contribution in [2.75, 3.05) is 26.2 Å². The molecule has 1 aliphatic rings. The summed E-state index contributed by atoms with van der Waals surface area (Å²) < 4.78 is 5.74. The summed E-state index contributed by atoms with van der Waals surface area (Å²) in [5.74, 6) is 6.08. The van der Waals surface area contributed by atoms with Crippen LogP contribution in [0.3, 0.4) is 0 Å². The Morgan fingerprint density at radius 1 is 1.37 bits per heavy atom. The van der Waals surface area contributed by atoms with Gasteiger partial charge in [-0.2, -0.15) is 0 Å². The minimum Gasteiger partial charge on any atom is -0.373 e. The quantitative estimate of drug-likeness (QED) is 0.819. The maximum absolute atomic E-state index is 5.74. The number of rotatable bonds is 2. The second-order valence-electron chi connectivity index (χ2n) is 5.48. The summed E-state index contributed by atoms with van der Waals surface area (Å²) in [5, 5.41) is 0. The summed E-state index contributed by atoms with van der Waals surface area (Å²) in [6.45, 7) is 8.32. The van der Waals surface area contributed by atoms with Gasteiger partial charge in [-0.25, -0.2) is 0 Å². The first kappa shape index (κ1) is 14.1. The molecule has 2 N–H and O–H groups in total. The Kier molecular flexibility index (Phi) is 4.60. The van der Waals surface area contributed by atoms with Crippen molar-refractivity contribution in [3.63, 3.8) is 0 Å². The zero-order valence-corrected chi connectivity index (χ0v) is 11.8. The lowest BCUT2D eigenvalue weighted by Gasteiger charge is -2.38.